The summed E-state index contributed by atoms with van der Waals surface area (Å²) in [6.07, 6.45) is 7.35. The summed E-state index contributed by atoms with van der Waals surface area (Å²) < 4.78 is 3.32. The molecule has 1 aliphatic rings. The molecule has 1 atom stereocenters. The third-order valence-electron chi connectivity index (χ3n) is 6.23. The minimum absolute atomic E-state index is 0. The molecule has 0 bridgehead atoms. The topological polar surface area (TPSA) is 132 Å². The molecular weight excluding hydrogens is 549 g/mol. The molecule has 5 aromatic rings. The number of H-pyrrole nitrogens is 1. The second-order valence-electron chi connectivity index (χ2n) is 8.51. The first kappa shape index (κ1) is 25.6. The van der Waals surface area contributed by atoms with Gasteiger partial charge in [-0.05, 0) is 65.2 Å². The SMILES string of the molecule is Cl.O=C(O)C=Cc1cc(-c2cnc([C@@H]3CCc4cc(-c5cc(Cl)ccc5-n5cnnn5)cc(=O)n43)[nH]2)cs1. The lowest BCUT2D eigenvalue weighted by molar-refractivity contribution is -0.131. The minimum atomic E-state index is -0.991. The molecule has 10 nitrogen and oxygen atoms in total. The van der Waals surface area contributed by atoms with Crippen molar-refractivity contribution in [1.82, 2.24) is 34.7 Å². The van der Waals surface area contributed by atoms with Gasteiger partial charge in [-0.2, -0.15) is 4.68 Å². The number of benzene rings is 1. The summed E-state index contributed by atoms with van der Waals surface area (Å²) in [5.74, 6) is -0.288. The largest absolute Gasteiger partial charge is 0.478 e. The number of aliphatic carboxylic acids is 1. The van der Waals surface area contributed by atoms with Crippen LogP contribution in [0.5, 0.6) is 0 Å². The Morgan fingerprint density at radius 2 is 2.08 bits per heavy atom. The van der Waals surface area contributed by atoms with Crippen LogP contribution in [-0.2, 0) is 11.2 Å². The number of imidazole rings is 1. The van der Waals surface area contributed by atoms with Crippen LogP contribution in [0.15, 0.2) is 65.2 Å². The van der Waals surface area contributed by atoms with E-state index in [2.05, 4.69) is 25.5 Å². The Kier molecular flexibility index (Phi) is 6.98. The third-order valence-corrected chi connectivity index (χ3v) is 7.36. The maximum Gasteiger partial charge on any atom is 0.328 e. The lowest BCUT2D eigenvalue weighted by atomic mass is 10.0. The van der Waals surface area contributed by atoms with Crippen LogP contribution in [0.1, 0.15) is 28.9 Å². The zero-order chi connectivity index (χ0) is 25.5. The number of nitrogens with zero attached hydrogens (tertiary/aromatic N) is 6. The van der Waals surface area contributed by atoms with Crippen molar-refractivity contribution in [2.45, 2.75) is 18.9 Å². The number of carboxylic acids is 1. The quantitative estimate of drug-likeness (QED) is 0.285. The average molecular weight is 568 g/mol. The molecule has 6 rings (SSSR count). The number of hydrogen-bond acceptors (Lipinski definition) is 7. The van der Waals surface area contributed by atoms with Gasteiger partial charge in [0.1, 0.15) is 12.2 Å². The van der Waals surface area contributed by atoms with Crippen molar-refractivity contribution >= 4 is 47.4 Å². The highest BCUT2D eigenvalue weighted by Crippen LogP contribution is 2.35. The summed E-state index contributed by atoms with van der Waals surface area (Å²) >= 11 is 7.73. The van der Waals surface area contributed by atoms with Gasteiger partial charge >= 0.3 is 5.97 Å². The standard InChI is InChI=1S/C25H18ClN7O3S.ClH/c26-16-1-4-21(32-13-28-30-31-32)19(10-16)14-7-17-2-5-22(33(17)23(34)9-14)25-27-11-20(29-25)15-8-18(37-12-15)3-6-24(35)36;/h1,3-4,6-13,22H,2,5H2,(H,27,29)(H,35,36);1H/t22-;/m0./s1. The van der Waals surface area contributed by atoms with E-state index in [1.54, 1.807) is 35.0 Å². The van der Waals surface area contributed by atoms with Crippen molar-refractivity contribution in [1.29, 1.82) is 0 Å². The highest BCUT2D eigenvalue weighted by Gasteiger charge is 2.28. The van der Waals surface area contributed by atoms with Crippen LogP contribution >= 0.6 is 35.3 Å². The van der Waals surface area contributed by atoms with Gasteiger partial charge in [0.25, 0.3) is 5.56 Å². The predicted molar refractivity (Wildman–Crippen MR) is 146 cm³/mol. The summed E-state index contributed by atoms with van der Waals surface area (Å²) in [5.41, 5.74) is 4.71. The van der Waals surface area contributed by atoms with E-state index in [1.165, 1.54) is 22.3 Å². The Bertz CT molecular complexity index is 1720. The number of carbonyl (C=O) groups is 1. The first-order valence-electron chi connectivity index (χ1n) is 11.3. The van der Waals surface area contributed by atoms with Gasteiger partial charge in [-0.1, -0.05) is 11.6 Å². The molecule has 0 radical (unpaired) electrons. The number of tetrazole rings is 1. The normalized spacial score (nSPS) is 14.5. The molecule has 192 valence electrons. The monoisotopic (exact) mass is 567 g/mol. The molecule has 0 amide bonds. The summed E-state index contributed by atoms with van der Waals surface area (Å²) in [6.45, 7) is 0. The van der Waals surface area contributed by atoms with E-state index in [0.717, 1.165) is 51.1 Å². The second-order valence-corrected chi connectivity index (χ2v) is 9.88. The molecule has 13 heteroatoms. The summed E-state index contributed by atoms with van der Waals surface area (Å²) in [6, 6.07) is 10.7. The Labute approximate surface area is 230 Å². The van der Waals surface area contributed by atoms with Crippen LogP contribution in [0.4, 0.5) is 0 Å². The van der Waals surface area contributed by atoms with Crippen molar-refractivity contribution < 1.29 is 9.90 Å². The van der Waals surface area contributed by atoms with E-state index in [4.69, 9.17) is 16.7 Å². The van der Waals surface area contributed by atoms with Gasteiger partial charge in [0.2, 0.25) is 0 Å². The lowest BCUT2D eigenvalue weighted by Crippen LogP contribution is -2.23. The maximum atomic E-state index is 13.4. The zero-order valence-electron chi connectivity index (χ0n) is 19.5. The van der Waals surface area contributed by atoms with E-state index in [1.807, 2.05) is 23.6 Å². The smallest absolute Gasteiger partial charge is 0.328 e. The van der Waals surface area contributed by atoms with Gasteiger partial charge in [0.15, 0.2) is 0 Å². The highest BCUT2D eigenvalue weighted by atomic mass is 35.5. The highest BCUT2D eigenvalue weighted by molar-refractivity contribution is 7.11. The molecule has 0 saturated carbocycles. The molecular formula is C25H19Cl2N7O3S. The molecule has 0 saturated heterocycles. The molecule has 5 heterocycles. The van der Waals surface area contributed by atoms with Gasteiger partial charge < -0.3 is 14.7 Å². The average Bonchev–Trinajstić information content (AvgIpc) is 3.68. The Balaban J connectivity index is 0.00000294. The fourth-order valence-corrected chi connectivity index (χ4v) is 5.58. The number of nitrogens with one attached hydrogen (secondary N) is 1. The second kappa shape index (κ2) is 10.4. The molecule has 0 fully saturated rings. The van der Waals surface area contributed by atoms with E-state index in [0.29, 0.717) is 17.3 Å². The summed E-state index contributed by atoms with van der Waals surface area (Å²) in [4.78, 5) is 32.9. The number of halogens is 2. The zero-order valence-corrected chi connectivity index (χ0v) is 21.9. The van der Waals surface area contributed by atoms with Crippen LogP contribution < -0.4 is 5.56 Å². The molecule has 0 unspecified atom stereocenters. The molecule has 1 aromatic carbocycles. The number of rotatable bonds is 6. The first-order chi connectivity index (χ1) is 18.0. The van der Waals surface area contributed by atoms with Gasteiger partial charge in [0, 0.05) is 44.2 Å². The molecule has 1 aliphatic heterocycles. The number of pyridine rings is 1. The number of aromatic nitrogens is 7. The van der Waals surface area contributed by atoms with Gasteiger partial charge in [0.05, 0.1) is 23.6 Å². The van der Waals surface area contributed by atoms with Gasteiger partial charge in [-0.3, -0.25) is 4.79 Å². The van der Waals surface area contributed by atoms with E-state index < -0.39 is 5.97 Å². The molecule has 38 heavy (non-hydrogen) atoms. The summed E-state index contributed by atoms with van der Waals surface area (Å²) in [7, 11) is 0. The van der Waals surface area contributed by atoms with Crippen molar-refractivity contribution in [2.75, 3.05) is 0 Å². The van der Waals surface area contributed by atoms with Gasteiger partial charge in [-0.15, -0.1) is 28.8 Å². The minimum Gasteiger partial charge on any atom is -0.478 e. The Morgan fingerprint density at radius 3 is 2.87 bits per heavy atom. The molecule has 0 aliphatic carbocycles. The number of thiophene rings is 1. The Hall–Kier alpha value is -4.06. The first-order valence-corrected chi connectivity index (χ1v) is 12.6. The number of aromatic amines is 1. The molecule has 2 N–H and O–H groups in total. The fourth-order valence-electron chi connectivity index (χ4n) is 4.61. The van der Waals surface area contributed by atoms with Crippen molar-refractivity contribution in [3.63, 3.8) is 0 Å². The molecule has 4 aromatic heterocycles. The fraction of sp³-hybridized carbons (Fsp3) is 0.120. The summed E-state index contributed by atoms with van der Waals surface area (Å²) in [5, 5.41) is 22.7. The number of aryl methyl sites for hydroxylation is 1. The van der Waals surface area contributed by atoms with Gasteiger partial charge in [-0.25, -0.2) is 9.78 Å². The Morgan fingerprint density at radius 1 is 1.21 bits per heavy atom. The van der Waals surface area contributed by atoms with Crippen LogP contribution in [0.3, 0.4) is 0 Å². The number of fused-ring (bicyclic) bond motifs is 1. The third kappa shape index (κ3) is 4.78. The van der Waals surface area contributed by atoms with E-state index in [-0.39, 0.29) is 24.0 Å². The number of carboxylic acid groups (broad SMARTS) is 1. The maximum absolute atomic E-state index is 13.4. The molecule has 0 spiro atoms. The van der Waals surface area contributed by atoms with Crippen LogP contribution in [0, 0.1) is 0 Å². The predicted octanol–water partition coefficient (Wildman–Crippen LogP) is 4.65. The van der Waals surface area contributed by atoms with E-state index in [9.17, 15) is 9.59 Å². The van der Waals surface area contributed by atoms with Crippen molar-refractivity contribution in [3.8, 4) is 28.1 Å². The van der Waals surface area contributed by atoms with Crippen LogP contribution in [-0.4, -0.2) is 45.8 Å². The lowest BCUT2D eigenvalue weighted by Gasteiger charge is -2.15. The van der Waals surface area contributed by atoms with Crippen LogP contribution in [0.25, 0.3) is 34.1 Å². The van der Waals surface area contributed by atoms with Crippen LogP contribution in [0.2, 0.25) is 5.02 Å². The van der Waals surface area contributed by atoms with E-state index >= 15 is 0 Å². The van der Waals surface area contributed by atoms with Crippen molar-refractivity contribution in [3.05, 3.63) is 92.2 Å². The van der Waals surface area contributed by atoms with Crippen molar-refractivity contribution in [2.24, 2.45) is 0 Å². The number of hydrogen-bond donors (Lipinski definition) is 2.